The van der Waals surface area contributed by atoms with E-state index in [1.54, 1.807) is 0 Å². The molecule has 0 spiro atoms. The van der Waals surface area contributed by atoms with Gasteiger partial charge in [-0.25, -0.2) is 0 Å². The number of nitrogens with zero attached hydrogens (tertiary/aromatic N) is 1. The van der Waals surface area contributed by atoms with Gasteiger partial charge in [0.2, 0.25) is 0 Å². The monoisotopic (exact) mass is 827 g/mol. The normalized spacial score (nSPS) is 15.8. The molecule has 0 atom stereocenters. The molecule has 0 unspecified atom stereocenters. The molecule has 2 aliphatic heterocycles. The minimum atomic E-state index is -0.197. The second kappa shape index (κ2) is 14.7. The summed E-state index contributed by atoms with van der Waals surface area (Å²) in [4.78, 5) is 2.66. The topological polar surface area (TPSA) is 15.3 Å². The number of para-hydroxylation sites is 1. The predicted octanol–water partition coefficient (Wildman–Crippen LogP) is 15.1. The SMILES string of the molecule is Cc1cccc(C)c1-c1cc(-c2cc(-c3ccccc3)ccc2Nc2cccc(-c3ccccc3)c2)c2c(c1)N1c3cc4c(cc3C(C)(C)c3cccc(c31)[B]2)C(C)(C)CCC4(C)C. The lowest BCUT2D eigenvalue weighted by atomic mass is 9.55. The fourth-order valence-corrected chi connectivity index (χ4v) is 11.3. The summed E-state index contributed by atoms with van der Waals surface area (Å²) < 4.78 is 0. The van der Waals surface area contributed by atoms with Crippen LogP contribution in [0.5, 0.6) is 0 Å². The summed E-state index contributed by atoms with van der Waals surface area (Å²) in [5, 5.41) is 3.96. The summed E-state index contributed by atoms with van der Waals surface area (Å²) in [6.45, 7) is 19.2. The average molecular weight is 828 g/mol. The molecule has 3 aliphatic rings. The van der Waals surface area contributed by atoms with E-state index in [0.717, 1.165) is 16.9 Å². The van der Waals surface area contributed by atoms with E-state index in [-0.39, 0.29) is 16.2 Å². The minimum Gasteiger partial charge on any atom is -0.355 e. The predicted molar refractivity (Wildman–Crippen MR) is 275 cm³/mol. The van der Waals surface area contributed by atoms with Gasteiger partial charge in [-0.05, 0) is 158 Å². The lowest BCUT2D eigenvalue weighted by Gasteiger charge is -2.49. The summed E-state index contributed by atoms with van der Waals surface area (Å²) in [5.41, 5.74) is 26.4. The van der Waals surface area contributed by atoms with Crippen LogP contribution in [0.2, 0.25) is 0 Å². The molecule has 0 saturated carbocycles. The molecule has 8 aromatic rings. The molecule has 8 aromatic carbocycles. The summed E-state index contributed by atoms with van der Waals surface area (Å²) in [6, 6.07) is 61.2. The first-order chi connectivity index (χ1) is 30.8. The highest BCUT2D eigenvalue weighted by Gasteiger charge is 2.45. The van der Waals surface area contributed by atoms with Gasteiger partial charge in [0.05, 0.1) is 5.69 Å². The molecule has 1 aliphatic carbocycles. The highest BCUT2D eigenvalue weighted by molar-refractivity contribution is 6.73. The number of nitrogens with one attached hydrogen (secondary N) is 1. The summed E-state index contributed by atoms with van der Waals surface area (Å²) in [6.07, 6.45) is 2.36. The number of fused-ring (bicyclic) bond motifs is 5. The Morgan fingerprint density at radius 3 is 1.75 bits per heavy atom. The van der Waals surface area contributed by atoms with E-state index < -0.39 is 0 Å². The van der Waals surface area contributed by atoms with Gasteiger partial charge in [-0.2, -0.15) is 0 Å². The number of hydrogen-bond acceptors (Lipinski definition) is 2. The van der Waals surface area contributed by atoms with Crippen molar-refractivity contribution in [2.24, 2.45) is 0 Å². The van der Waals surface area contributed by atoms with Crippen LogP contribution in [0.4, 0.5) is 28.4 Å². The zero-order chi connectivity index (χ0) is 44.1. The van der Waals surface area contributed by atoms with Crippen LogP contribution in [0.3, 0.4) is 0 Å². The standard InChI is InChI=1S/C61H56BN2/c1-38-18-15-19-39(2)56(38)44-34-47(46-33-43(41-22-13-10-14-23-41)28-29-53(46)63-45-25-16-24-42(32-45)40-20-11-9-12-21-40)57-55(35-44)64-54-37-50-49(59(3,4)30-31-60(50,5)6)36-51(54)61(7,8)48-26-17-27-52(62-57)58(48)64/h9-29,32-37,63H,30-31H2,1-8H3. The molecule has 313 valence electrons. The molecule has 0 fully saturated rings. The number of rotatable bonds is 6. The lowest BCUT2D eigenvalue weighted by Crippen LogP contribution is -2.46. The van der Waals surface area contributed by atoms with Crippen LogP contribution in [0.15, 0.2) is 164 Å². The van der Waals surface area contributed by atoms with E-state index in [4.69, 9.17) is 0 Å². The molecular weight excluding hydrogens is 771 g/mol. The van der Waals surface area contributed by atoms with Gasteiger partial charge in [0.15, 0.2) is 7.28 Å². The minimum absolute atomic E-state index is 0.0656. The molecule has 0 amide bonds. The van der Waals surface area contributed by atoms with Crippen molar-refractivity contribution in [3.05, 3.63) is 197 Å². The van der Waals surface area contributed by atoms with Crippen molar-refractivity contribution in [1.82, 2.24) is 0 Å². The van der Waals surface area contributed by atoms with Crippen LogP contribution in [0.25, 0.3) is 44.5 Å². The maximum Gasteiger partial charge on any atom is 0.197 e. The van der Waals surface area contributed by atoms with Gasteiger partial charge in [-0.3, -0.25) is 0 Å². The largest absolute Gasteiger partial charge is 0.355 e. The van der Waals surface area contributed by atoms with Gasteiger partial charge < -0.3 is 10.2 Å². The fourth-order valence-electron chi connectivity index (χ4n) is 11.3. The maximum absolute atomic E-state index is 3.96. The van der Waals surface area contributed by atoms with E-state index in [1.165, 1.54) is 113 Å². The van der Waals surface area contributed by atoms with Crippen molar-refractivity contribution in [1.29, 1.82) is 0 Å². The number of benzene rings is 8. The molecule has 1 radical (unpaired) electrons. The van der Waals surface area contributed by atoms with E-state index in [2.05, 4.69) is 237 Å². The van der Waals surface area contributed by atoms with Gasteiger partial charge in [-0.1, -0.05) is 168 Å². The molecule has 2 nitrogen and oxygen atoms in total. The van der Waals surface area contributed by atoms with E-state index in [1.807, 2.05) is 0 Å². The molecule has 1 N–H and O–H groups in total. The first kappa shape index (κ1) is 40.2. The van der Waals surface area contributed by atoms with Crippen LogP contribution in [0, 0.1) is 13.8 Å². The fraction of sp³-hybridized carbons (Fsp3) is 0.213. The van der Waals surface area contributed by atoms with Gasteiger partial charge in [0.25, 0.3) is 0 Å². The molecule has 0 aromatic heterocycles. The number of hydrogen-bond donors (Lipinski definition) is 1. The third kappa shape index (κ3) is 6.46. The summed E-state index contributed by atoms with van der Waals surface area (Å²) in [5.74, 6) is 0. The number of aryl methyl sites for hydroxylation is 2. The Hall–Kier alpha value is -6.58. The van der Waals surface area contributed by atoms with E-state index in [9.17, 15) is 0 Å². The van der Waals surface area contributed by atoms with E-state index >= 15 is 0 Å². The average Bonchev–Trinajstić information content (AvgIpc) is 3.29. The van der Waals surface area contributed by atoms with Gasteiger partial charge in [0, 0.05) is 33.7 Å². The van der Waals surface area contributed by atoms with Crippen molar-refractivity contribution < 1.29 is 0 Å². The van der Waals surface area contributed by atoms with Crippen molar-refractivity contribution in [3.63, 3.8) is 0 Å². The van der Waals surface area contributed by atoms with Crippen molar-refractivity contribution >= 4 is 46.6 Å². The van der Waals surface area contributed by atoms with Crippen LogP contribution >= 0.6 is 0 Å². The second-order valence-corrected chi connectivity index (χ2v) is 20.5. The van der Waals surface area contributed by atoms with Crippen molar-refractivity contribution in [3.8, 4) is 44.5 Å². The smallest absolute Gasteiger partial charge is 0.197 e. The Labute approximate surface area is 381 Å². The van der Waals surface area contributed by atoms with Crippen LogP contribution in [-0.2, 0) is 16.2 Å². The molecule has 11 rings (SSSR count). The number of anilines is 5. The molecule has 64 heavy (non-hydrogen) atoms. The summed E-state index contributed by atoms with van der Waals surface area (Å²) in [7, 11) is 2.48. The molecule has 3 heteroatoms. The molecule has 2 heterocycles. The van der Waals surface area contributed by atoms with Gasteiger partial charge in [0.1, 0.15) is 0 Å². The molecule has 0 bridgehead atoms. The molecule has 0 saturated heterocycles. The second-order valence-electron chi connectivity index (χ2n) is 20.5. The van der Waals surface area contributed by atoms with E-state index in [0.29, 0.717) is 0 Å². The van der Waals surface area contributed by atoms with Gasteiger partial charge in [-0.15, -0.1) is 0 Å². The summed E-state index contributed by atoms with van der Waals surface area (Å²) >= 11 is 0. The van der Waals surface area contributed by atoms with Crippen LogP contribution in [0.1, 0.15) is 87.8 Å². The quantitative estimate of drug-likeness (QED) is 0.168. The Bertz CT molecular complexity index is 3140. The first-order valence-electron chi connectivity index (χ1n) is 23.1. The van der Waals surface area contributed by atoms with Crippen molar-refractivity contribution in [2.45, 2.75) is 84.5 Å². The zero-order valence-electron chi connectivity index (χ0n) is 38.5. The zero-order valence-corrected chi connectivity index (χ0v) is 38.5. The highest BCUT2D eigenvalue weighted by Crippen LogP contribution is 2.57. The Morgan fingerprint density at radius 1 is 0.469 bits per heavy atom. The Morgan fingerprint density at radius 2 is 1.06 bits per heavy atom. The Balaban J connectivity index is 1.20. The van der Waals surface area contributed by atoms with Gasteiger partial charge >= 0.3 is 0 Å². The third-order valence-electron chi connectivity index (χ3n) is 15.0. The van der Waals surface area contributed by atoms with Crippen molar-refractivity contribution in [2.75, 3.05) is 10.2 Å². The first-order valence-corrected chi connectivity index (χ1v) is 23.1. The molecular formula is C61H56BN2. The third-order valence-corrected chi connectivity index (χ3v) is 15.0. The van der Waals surface area contributed by atoms with Crippen LogP contribution in [-0.4, -0.2) is 7.28 Å². The Kier molecular flexibility index (Phi) is 9.26. The highest BCUT2D eigenvalue weighted by atomic mass is 15.2. The van der Waals surface area contributed by atoms with Crippen LogP contribution < -0.4 is 21.1 Å². The lowest BCUT2D eigenvalue weighted by molar-refractivity contribution is 0.331. The maximum atomic E-state index is 3.96.